The molecular weight excluding hydrogens is 377 g/mol. The van der Waals surface area contributed by atoms with Crippen LogP contribution in [0.3, 0.4) is 0 Å². The summed E-state index contributed by atoms with van der Waals surface area (Å²) in [6, 6.07) is 8.52. The van der Waals surface area contributed by atoms with E-state index in [1.54, 1.807) is 18.3 Å². The first-order valence-corrected chi connectivity index (χ1v) is 9.09. The summed E-state index contributed by atoms with van der Waals surface area (Å²) in [7, 11) is 0. The Labute approximate surface area is 165 Å². The van der Waals surface area contributed by atoms with Crippen molar-refractivity contribution in [3.05, 3.63) is 65.9 Å². The number of aromatic nitrogens is 3. The van der Waals surface area contributed by atoms with Gasteiger partial charge in [-0.15, -0.1) is 0 Å². The minimum atomic E-state index is -0.767. The van der Waals surface area contributed by atoms with E-state index in [9.17, 15) is 14.0 Å². The third kappa shape index (κ3) is 4.57. The van der Waals surface area contributed by atoms with Crippen LogP contribution in [0.4, 0.5) is 10.1 Å². The highest BCUT2D eigenvalue weighted by Gasteiger charge is 2.24. The van der Waals surface area contributed by atoms with Crippen molar-refractivity contribution in [2.45, 2.75) is 25.3 Å². The summed E-state index contributed by atoms with van der Waals surface area (Å²) in [6.45, 7) is 0. The standard InChI is InChI=1S/C20H18FN5O3/c21-13-1-5-16(6-2-13)29-18-8-4-15(11-22-18)25-20(28)19(27)24-14-3-7-17-12(9-14)10-23-26-17/h1-2,4-6,8,10-11,14H,3,7,9H2,(H,23,26)(H,24,27)(H,25,28)/t14-/m0/s1. The molecule has 0 radical (unpaired) electrons. The predicted molar refractivity (Wildman–Crippen MR) is 102 cm³/mol. The number of fused-ring (bicyclic) bond motifs is 1. The molecule has 29 heavy (non-hydrogen) atoms. The van der Waals surface area contributed by atoms with Gasteiger partial charge in [-0.05, 0) is 55.2 Å². The van der Waals surface area contributed by atoms with Crippen molar-refractivity contribution in [1.29, 1.82) is 0 Å². The maximum absolute atomic E-state index is 12.9. The Kier molecular flexibility index (Phi) is 5.19. The number of hydrogen-bond donors (Lipinski definition) is 3. The third-order valence-corrected chi connectivity index (χ3v) is 4.59. The highest BCUT2D eigenvalue weighted by molar-refractivity contribution is 6.39. The molecule has 0 saturated heterocycles. The van der Waals surface area contributed by atoms with E-state index in [4.69, 9.17) is 4.74 Å². The zero-order valence-electron chi connectivity index (χ0n) is 15.3. The number of nitrogens with zero attached hydrogens (tertiary/aromatic N) is 2. The maximum Gasteiger partial charge on any atom is 0.313 e. The van der Waals surface area contributed by atoms with Crippen LogP contribution in [0.2, 0.25) is 0 Å². The Morgan fingerprint density at radius 2 is 1.93 bits per heavy atom. The third-order valence-electron chi connectivity index (χ3n) is 4.59. The van der Waals surface area contributed by atoms with Gasteiger partial charge in [0, 0.05) is 17.8 Å². The highest BCUT2D eigenvalue weighted by atomic mass is 19.1. The number of ether oxygens (including phenoxy) is 1. The lowest BCUT2D eigenvalue weighted by Gasteiger charge is -2.22. The van der Waals surface area contributed by atoms with Gasteiger partial charge in [0.2, 0.25) is 5.88 Å². The number of benzene rings is 1. The molecule has 0 spiro atoms. The van der Waals surface area contributed by atoms with Crippen LogP contribution in [0.1, 0.15) is 17.7 Å². The first kappa shape index (κ1) is 18.6. The molecule has 0 fully saturated rings. The maximum atomic E-state index is 12.9. The van der Waals surface area contributed by atoms with Crippen molar-refractivity contribution >= 4 is 17.5 Å². The number of halogens is 1. The molecule has 8 nitrogen and oxygen atoms in total. The molecule has 1 aliphatic rings. The quantitative estimate of drug-likeness (QED) is 0.588. The van der Waals surface area contributed by atoms with Gasteiger partial charge >= 0.3 is 11.8 Å². The second-order valence-corrected chi connectivity index (χ2v) is 6.68. The van der Waals surface area contributed by atoms with Crippen molar-refractivity contribution < 1.29 is 18.7 Å². The van der Waals surface area contributed by atoms with Gasteiger partial charge in [-0.25, -0.2) is 9.37 Å². The number of pyridine rings is 1. The number of aromatic amines is 1. The van der Waals surface area contributed by atoms with Gasteiger partial charge in [0.05, 0.1) is 18.1 Å². The van der Waals surface area contributed by atoms with Crippen molar-refractivity contribution in [3.63, 3.8) is 0 Å². The van der Waals surface area contributed by atoms with Crippen molar-refractivity contribution in [2.75, 3.05) is 5.32 Å². The molecule has 0 unspecified atom stereocenters. The number of aryl methyl sites for hydroxylation is 1. The second kappa shape index (κ2) is 8.09. The molecule has 1 aliphatic carbocycles. The van der Waals surface area contributed by atoms with E-state index in [-0.39, 0.29) is 17.7 Å². The molecule has 2 amide bonds. The van der Waals surface area contributed by atoms with E-state index in [2.05, 4.69) is 25.8 Å². The molecule has 2 heterocycles. The zero-order valence-corrected chi connectivity index (χ0v) is 15.3. The van der Waals surface area contributed by atoms with Crippen molar-refractivity contribution in [1.82, 2.24) is 20.5 Å². The molecule has 9 heteroatoms. The van der Waals surface area contributed by atoms with Gasteiger partial charge < -0.3 is 15.4 Å². The summed E-state index contributed by atoms with van der Waals surface area (Å²) < 4.78 is 18.4. The largest absolute Gasteiger partial charge is 0.439 e. The fourth-order valence-electron chi connectivity index (χ4n) is 3.12. The van der Waals surface area contributed by atoms with Crippen LogP contribution in [-0.2, 0) is 22.4 Å². The van der Waals surface area contributed by atoms with E-state index < -0.39 is 11.8 Å². The topological polar surface area (TPSA) is 109 Å². The lowest BCUT2D eigenvalue weighted by Crippen LogP contribution is -2.44. The van der Waals surface area contributed by atoms with Gasteiger partial charge in [0.15, 0.2) is 0 Å². The van der Waals surface area contributed by atoms with Gasteiger partial charge in [-0.1, -0.05) is 0 Å². The van der Waals surface area contributed by atoms with Crippen LogP contribution < -0.4 is 15.4 Å². The average Bonchev–Trinajstić information content (AvgIpc) is 3.19. The molecular formula is C20H18FN5O3. The molecule has 1 aromatic carbocycles. The second-order valence-electron chi connectivity index (χ2n) is 6.68. The summed E-state index contributed by atoms with van der Waals surface area (Å²) in [5.41, 5.74) is 2.49. The number of carbonyl (C=O) groups is 2. The van der Waals surface area contributed by atoms with Crippen LogP contribution in [0.5, 0.6) is 11.6 Å². The molecule has 148 valence electrons. The lowest BCUT2D eigenvalue weighted by molar-refractivity contribution is -0.136. The van der Waals surface area contributed by atoms with Gasteiger partial charge in [-0.3, -0.25) is 14.7 Å². The predicted octanol–water partition coefficient (Wildman–Crippen LogP) is 2.35. The van der Waals surface area contributed by atoms with Crippen LogP contribution in [0.15, 0.2) is 48.8 Å². The zero-order chi connectivity index (χ0) is 20.2. The fourth-order valence-corrected chi connectivity index (χ4v) is 3.12. The minimum Gasteiger partial charge on any atom is -0.439 e. The number of rotatable bonds is 4. The normalized spacial score (nSPS) is 15.3. The highest BCUT2D eigenvalue weighted by Crippen LogP contribution is 2.21. The van der Waals surface area contributed by atoms with Crippen molar-refractivity contribution in [2.24, 2.45) is 0 Å². The smallest absolute Gasteiger partial charge is 0.313 e. The molecule has 1 atom stereocenters. The Morgan fingerprint density at radius 3 is 2.69 bits per heavy atom. The van der Waals surface area contributed by atoms with Crippen LogP contribution >= 0.6 is 0 Å². The molecule has 4 rings (SSSR count). The Bertz CT molecular complexity index is 1020. The molecule has 2 aromatic heterocycles. The van der Waals surface area contributed by atoms with Gasteiger partial charge in [0.1, 0.15) is 11.6 Å². The fraction of sp³-hybridized carbons (Fsp3) is 0.200. The number of hydrogen-bond acceptors (Lipinski definition) is 5. The van der Waals surface area contributed by atoms with Crippen LogP contribution in [-0.4, -0.2) is 33.0 Å². The van der Waals surface area contributed by atoms with E-state index in [1.807, 2.05) is 0 Å². The number of nitrogens with one attached hydrogen (secondary N) is 3. The number of H-pyrrole nitrogens is 1. The monoisotopic (exact) mass is 395 g/mol. The van der Waals surface area contributed by atoms with E-state index in [0.717, 1.165) is 24.1 Å². The lowest BCUT2D eigenvalue weighted by atomic mass is 9.93. The van der Waals surface area contributed by atoms with Crippen molar-refractivity contribution in [3.8, 4) is 11.6 Å². The number of anilines is 1. The van der Waals surface area contributed by atoms with E-state index >= 15 is 0 Å². The van der Waals surface area contributed by atoms with Crippen LogP contribution in [0, 0.1) is 5.82 Å². The van der Waals surface area contributed by atoms with Crippen LogP contribution in [0.25, 0.3) is 0 Å². The Morgan fingerprint density at radius 1 is 1.10 bits per heavy atom. The van der Waals surface area contributed by atoms with Gasteiger partial charge in [-0.2, -0.15) is 5.10 Å². The molecule has 3 aromatic rings. The molecule has 0 bridgehead atoms. The van der Waals surface area contributed by atoms with Gasteiger partial charge in [0.25, 0.3) is 0 Å². The Hall–Kier alpha value is -3.75. The summed E-state index contributed by atoms with van der Waals surface area (Å²) in [5, 5.41) is 12.2. The first-order valence-electron chi connectivity index (χ1n) is 9.09. The summed E-state index contributed by atoms with van der Waals surface area (Å²) in [6.07, 6.45) is 5.28. The summed E-state index contributed by atoms with van der Waals surface area (Å²) in [4.78, 5) is 28.4. The summed E-state index contributed by atoms with van der Waals surface area (Å²) in [5.74, 6) is -1.12. The summed E-state index contributed by atoms with van der Waals surface area (Å²) >= 11 is 0. The number of amides is 2. The molecule has 3 N–H and O–H groups in total. The average molecular weight is 395 g/mol. The Balaban J connectivity index is 1.30. The molecule has 0 aliphatic heterocycles. The molecule has 0 saturated carbocycles. The SMILES string of the molecule is O=C(Nc1ccc(Oc2ccc(F)cc2)nc1)C(=O)N[C@H]1CCc2[nH]ncc2C1. The van der Waals surface area contributed by atoms with E-state index in [0.29, 0.717) is 17.9 Å². The number of carbonyl (C=O) groups excluding carboxylic acids is 2. The first-order chi connectivity index (χ1) is 14.1. The minimum absolute atomic E-state index is 0.108. The van der Waals surface area contributed by atoms with E-state index in [1.165, 1.54) is 30.5 Å².